The Morgan fingerprint density at radius 1 is 0.913 bits per heavy atom. The van der Waals surface area contributed by atoms with E-state index in [1.807, 2.05) is 0 Å². The van der Waals surface area contributed by atoms with Gasteiger partial charge in [0.1, 0.15) is 0 Å². The van der Waals surface area contributed by atoms with E-state index in [1.54, 1.807) is 11.1 Å². The Bertz CT molecular complexity index is 860. The lowest BCUT2D eigenvalue weighted by molar-refractivity contribution is 0.516. The van der Waals surface area contributed by atoms with E-state index in [0.29, 0.717) is 6.04 Å². The standard InChI is InChI=1S/C21H22N2/c1-2-7-15(8-3-1)19-21-18(12-13-22-19)17-11-6-10-16-9-4-5-14-23(21)20(16)17/h1-3,6-8,10-11,19,22H,4-5,9,12-14H2. The molecular weight excluding hydrogens is 280 g/mol. The molecule has 2 heteroatoms. The highest BCUT2D eigenvalue weighted by Gasteiger charge is 2.29. The SMILES string of the molecule is c1ccc(C2NCCc3c2n2c4c(cccc34)CCCC2)cc1. The second-order valence-corrected chi connectivity index (χ2v) is 6.83. The summed E-state index contributed by atoms with van der Waals surface area (Å²) >= 11 is 0. The Hall–Kier alpha value is -2.06. The minimum absolute atomic E-state index is 0.332. The van der Waals surface area contributed by atoms with E-state index >= 15 is 0 Å². The van der Waals surface area contributed by atoms with Crippen molar-refractivity contribution in [3.63, 3.8) is 0 Å². The van der Waals surface area contributed by atoms with Gasteiger partial charge in [0.2, 0.25) is 0 Å². The average molecular weight is 302 g/mol. The second-order valence-electron chi connectivity index (χ2n) is 6.83. The maximum Gasteiger partial charge on any atom is 0.0734 e. The molecule has 2 aliphatic rings. The van der Waals surface area contributed by atoms with Crippen molar-refractivity contribution >= 4 is 10.9 Å². The van der Waals surface area contributed by atoms with Crippen molar-refractivity contribution in [1.29, 1.82) is 0 Å². The van der Waals surface area contributed by atoms with Crippen molar-refractivity contribution in [2.24, 2.45) is 0 Å². The number of nitrogens with one attached hydrogen (secondary N) is 1. The third-order valence-corrected chi connectivity index (χ3v) is 5.52. The highest BCUT2D eigenvalue weighted by atomic mass is 15.1. The lowest BCUT2D eigenvalue weighted by atomic mass is 9.93. The molecule has 116 valence electrons. The van der Waals surface area contributed by atoms with Gasteiger partial charge in [0.05, 0.1) is 11.6 Å². The minimum Gasteiger partial charge on any atom is -0.342 e. The Morgan fingerprint density at radius 3 is 2.74 bits per heavy atom. The normalized spacial score (nSPS) is 20.3. The number of aromatic nitrogens is 1. The van der Waals surface area contributed by atoms with Crippen LogP contribution in [0.2, 0.25) is 0 Å². The van der Waals surface area contributed by atoms with Gasteiger partial charge in [-0.25, -0.2) is 0 Å². The number of hydrogen-bond acceptors (Lipinski definition) is 1. The fraction of sp³-hybridized carbons (Fsp3) is 0.333. The average Bonchev–Trinajstić information content (AvgIpc) is 2.79. The highest BCUT2D eigenvalue weighted by molar-refractivity contribution is 5.89. The molecule has 2 nitrogen and oxygen atoms in total. The number of benzene rings is 2. The number of fused-ring (bicyclic) bond motifs is 3. The quantitative estimate of drug-likeness (QED) is 0.712. The molecule has 5 rings (SSSR count). The van der Waals surface area contributed by atoms with Gasteiger partial charge in [-0.3, -0.25) is 0 Å². The third kappa shape index (κ3) is 1.98. The van der Waals surface area contributed by atoms with Crippen molar-refractivity contribution < 1.29 is 0 Å². The van der Waals surface area contributed by atoms with Gasteiger partial charge < -0.3 is 9.88 Å². The van der Waals surface area contributed by atoms with Crippen LogP contribution in [0.1, 0.15) is 41.3 Å². The largest absolute Gasteiger partial charge is 0.342 e. The first kappa shape index (κ1) is 13.4. The topological polar surface area (TPSA) is 17.0 Å². The number of aryl methyl sites for hydroxylation is 2. The molecule has 0 saturated carbocycles. The fourth-order valence-corrected chi connectivity index (χ4v) is 4.55. The predicted molar refractivity (Wildman–Crippen MR) is 94.9 cm³/mol. The van der Waals surface area contributed by atoms with Crippen molar-refractivity contribution in [2.75, 3.05) is 6.54 Å². The number of hydrogen-bond donors (Lipinski definition) is 1. The molecule has 3 heterocycles. The minimum atomic E-state index is 0.332. The first-order chi connectivity index (χ1) is 11.4. The van der Waals surface area contributed by atoms with E-state index in [4.69, 9.17) is 0 Å². The van der Waals surface area contributed by atoms with Gasteiger partial charge in [0, 0.05) is 24.2 Å². The molecule has 2 aliphatic heterocycles. The van der Waals surface area contributed by atoms with Crippen molar-refractivity contribution in [1.82, 2.24) is 9.88 Å². The monoisotopic (exact) mass is 302 g/mol. The summed E-state index contributed by atoms with van der Waals surface area (Å²) in [6.07, 6.45) is 4.96. The van der Waals surface area contributed by atoms with E-state index in [2.05, 4.69) is 58.4 Å². The van der Waals surface area contributed by atoms with Gasteiger partial charge in [0.15, 0.2) is 0 Å². The maximum absolute atomic E-state index is 3.77. The van der Waals surface area contributed by atoms with E-state index < -0.39 is 0 Å². The molecule has 2 aromatic carbocycles. The molecule has 1 N–H and O–H groups in total. The van der Waals surface area contributed by atoms with Crippen molar-refractivity contribution in [3.05, 3.63) is 70.9 Å². The van der Waals surface area contributed by atoms with Gasteiger partial charge in [-0.2, -0.15) is 0 Å². The van der Waals surface area contributed by atoms with Crippen molar-refractivity contribution in [3.8, 4) is 0 Å². The van der Waals surface area contributed by atoms with Crippen LogP contribution >= 0.6 is 0 Å². The van der Waals surface area contributed by atoms with Gasteiger partial charge in [-0.05, 0) is 42.4 Å². The highest BCUT2D eigenvalue weighted by Crippen LogP contribution is 2.39. The van der Waals surface area contributed by atoms with Crippen LogP contribution in [0.3, 0.4) is 0 Å². The van der Waals surface area contributed by atoms with E-state index in [0.717, 1.165) is 19.5 Å². The van der Waals surface area contributed by atoms with Gasteiger partial charge in [-0.1, -0.05) is 48.5 Å². The van der Waals surface area contributed by atoms with Crippen LogP contribution in [0, 0.1) is 0 Å². The summed E-state index contributed by atoms with van der Waals surface area (Å²) in [5, 5.41) is 5.27. The summed E-state index contributed by atoms with van der Waals surface area (Å²) in [6, 6.07) is 18.2. The molecule has 0 fully saturated rings. The van der Waals surface area contributed by atoms with Gasteiger partial charge in [-0.15, -0.1) is 0 Å². The van der Waals surface area contributed by atoms with Crippen LogP contribution in [0.5, 0.6) is 0 Å². The van der Waals surface area contributed by atoms with E-state index in [1.165, 1.54) is 41.4 Å². The van der Waals surface area contributed by atoms with Gasteiger partial charge >= 0.3 is 0 Å². The zero-order valence-electron chi connectivity index (χ0n) is 13.4. The summed E-state index contributed by atoms with van der Waals surface area (Å²) in [5.74, 6) is 0. The molecule has 0 amide bonds. The molecule has 1 unspecified atom stereocenters. The fourth-order valence-electron chi connectivity index (χ4n) is 4.55. The van der Waals surface area contributed by atoms with Crippen LogP contribution in [-0.4, -0.2) is 11.1 Å². The van der Waals surface area contributed by atoms with Crippen LogP contribution in [0.15, 0.2) is 48.5 Å². The van der Waals surface area contributed by atoms with E-state index in [9.17, 15) is 0 Å². The summed E-state index contributed by atoms with van der Waals surface area (Å²) in [5.41, 5.74) is 7.54. The van der Waals surface area contributed by atoms with Crippen LogP contribution in [0.4, 0.5) is 0 Å². The molecule has 23 heavy (non-hydrogen) atoms. The van der Waals surface area contributed by atoms with Crippen LogP contribution < -0.4 is 5.32 Å². The number of para-hydroxylation sites is 1. The molecule has 1 aromatic heterocycles. The summed E-state index contributed by atoms with van der Waals surface area (Å²) in [7, 11) is 0. The Morgan fingerprint density at radius 2 is 1.83 bits per heavy atom. The zero-order valence-corrected chi connectivity index (χ0v) is 13.4. The zero-order chi connectivity index (χ0) is 15.2. The molecule has 0 spiro atoms. The molecule has 0 bridgehead atoms. The number of rotatable bonds is 1. The Labute approximate surface area is 137 Å². The number of nitrogens with zero attached hydrogens (tertiary/aromatic N) is 1. The third-order valence-electron chi connectivity index (χ3n) is 5.52. The lowest BCUT2D eigenvalue weighted by Gasteiger charge is -2.27. The first-order valence-electron chi connectivity index (χ1n) is 8.84. The summed E-state index contributed by atoms with van der Waals surface area (Å²) in [6.45, 7) is 2.23. The summed E-state index contributed by atoms with van der Waals surface area (Å²) < 4.78 is 2.64. The van der Waals surface area contributed by atoms with Crippen molar-refractivity contribution in [2.45, 2.75) is 38.3 Å². The molecule has 0 aliphatic carbocycles. The predicted octanol–water partition coefficient (Wildman–Crippen LogP) is 4.21. The Balaban J connectivity index is 1.81. The molecule has 0 saturated heterocycles. The first-order valence-corrected chi connectivity index (χ1v) is 8.84. The molecular formula is C21H22N2. The molecule has 3 aromatic rings. The summed E-state index contributed by atoms with van der Waals surface area (Å²) in [4.78, 5) is 0. The van der Waals surface area contributed by atoms with Crippen LogP contribution in [0.25, 0.3) is 10.9 Å². The van der Waals surface area contributed by atoms with E-state index in [-0.39, 0.29) is 0 Å². The smallest absolute Gasteiger partial charge is 0.0734 e. The maximum atomic E-state index is 3.77. The molecule has 1 atom stereocenters. The lowest BCUT2D eigenvalue weighted by Crippen LogP contribution is -2.32. The molecule has 0 radical (unpaired) electrons. The second kappa shape index (κ2) is 5.24. The Kier molecular flexibility index (Phi) is 3.05. The van der Waals surface area contributed by atoms with Gasteiger partial charge in [0.25, 0.3) is 0 Å². The van der Waals surface area contributed by atoms with Crippen LogP contribution in [-0.2, 0) is 19.4 Å².